The molecule has 2 rings (SSSR count). The highest BCUT2D eigenvalue weighted by molar-refractivity contribution is 7.80. The number of rotatable bonds is 5. The summed E-state index contributed by atoms with van der Waals surface area (Å²) >= 11 is 18.0. The lowest BCUT2D eigenvalue weighted by Crippen LogP contribution is -2.49. The summed E-state index contributed by atoms with van der Waals surface area (Å²) in [6.45, 7) is 0. The number of anilines is 1. The Morgan fingerprint density at radius 2 is 1.81 bits per heavy atom. The van der Waals surface area contributed by atoms with Crippen LogP contribution in [0.15, 0.2) is 30.3 Å². The molecule has 21 heavy (non-hydrogen) atoms. The molecule has 0 spiro atoms. The van der Waals surface area contributed by atoms with Crippen LogP contribution in [0.1, 0.15) is 19.3 Å². The van der Waals surface area contributed by atoms with Gasteiger partial charge >= 0.3 is 0 Å². The molecule has 3 atom stereocenters. The minimum absolute atomic E-state index is 0.201. The fraction of sp³-hybridized carbons (Fsp3) is 0.562. The van der Waals surface area contributed by atoms with Crippen LogP contribution in [0.4, 0.5) is 5.69 Å². The molecule has 0 bridgehead atoms. The van der Waals surface area contributed by atoms with Crippen LogP contribution in [-0.4, -0.2) is 47.3 Å². The molecule has 0 aliphatic heterocycles. The number of likely N-dealkylation sites (N-methyl/N-ethyl adjacent to an activating group) is 1. The maximum absolute atomic E-state index is 6.44. The third-order valence-corrected chi connectivity index (χ3v) is 4.99. The van der Waals surface area contributed by atoms with Crippen molar-refractivity contribution in [2.75, 3.05) is 24.9 Å². The minimum atomic E-state index is 0.201. The third kappa shape index (κ3) is 4.10. The zero-order valence-corrected chi connectivity index (χ0v) is 14.8. The Morgan fingerprint density at radius 1 is 1.19 bits per heavy atom. The van der Waals surface area contributed by atoms with Crippen LogP contribution in [0.3, 0.4) is 0 Å². The van der Waals surface area contributed by atoms with Crippen molar-refractivity contribution in [2.45, 2.75) is 36.7 Å². The summed E-state index contributed by atoms with van der Waals surface area (Å²) in [5, 5.41) is 0.201. The fourth-order valence-corrected chi connectivity index (χ4v) is 4.08. The van der Waals surface area contributed by atoms with E-state index in [0.717, 1.165) is 29.9 Å². The zero-order chi connectivity index (χ0) is 15.4. The van der Waals surface area contributed by atoms with Gasteiger partial charge in [-0.2, -0.15) is 0 Å². The monoisotopic (exact) mass is 344 g/mol. The molecule has 1 aromatic rings. The third-order valence-electron chi connectivity index (χ3n) is 4.04. The molecule has 0 saturated heterocycles. The van der Waals surface area contributed by atoms with Gasteiger partial charge in [-0.05, 0) is 39.1 Å². The summed E-state index contributed by atoms with van der Waals surface area (Å²) in [5.41, 5.74) is 1.13. The number of para-hydroxylation sites is 1. The first-order valence-corrected chi connectivity index (χ1v) is 8.66. The van der Waals surface area contributed by atoms with E-state index < -0.39 is 0 Å². The maximum atomic E-state index is 6.44. The van der Waals surface area contributed by atoms with Gasteiger partial charge < -0.3 is 9.80 Å². The van der Waals surface area contributed by atoms with Gasteiger partial charge in [0, 0.05) is 29.4 Å². The number of halogens is 2. The predicted molar refractivity (Wildman–Crippen MR) is 97.0 cm³/mol. The Labute approximate surface area is 143 Å². The van der Waals surface area contributed by atoms with Crippen LogP contribution in [0.5, 0.6) is 0 Å². The van der Waals surface area contributed by atoms with Crippen molar-refractivity contribution >= 4 is 46.1 Å². The van der Waals surface area contributed by atoms with Crippen LogP contribution < -0.4 is 4.90 Å². The molecule has 0 heterocycles. The summed E-state index contributed by atoms with van der Waals surface area (Å²) in [5.74, 6) is 0.547. The molecule has 0 amide bonds. The Hall–Kier alpha value is -0.350. The van der Waals surface area contributed by atoms with E-state index in [1.54, 1.807) is 0 Å². The lowest BCUT2D eigenvalue weighted by molar-refractivity contribution is 0.277. The van der Waals surface area contributed by atoms with Crippen LogP contribution in [0, 0.1) is 0 Å². The van der Waals surface area contributed by atoms with E-state index >= 15 is 0 Å². The summed E-state index contributed by atoms with van der Waals surface area (Å²) in [6.07, 6.45) is 2.66. The fourth-order valence-electron chi connectivity index (χ4n) is 3.08. The van der Waals surface area contributed by atoms with E-state index in [4.69, 9.17) is 35.4 Å². The first-order valence-electron chi connectivity index (χ1n) is 7.28. The lowest BCUT2D eigenvalue weighted by atomic mass is 10.1. The highest BCUT2D eigenvalue weighted by Crippen LogP contribution is 2.34. The molecule has 0 N–H and O–H groups in total. The van der Waals surface area contributed by atoms with E-state index in [2.05, 4.69) is 36.0 Å². The number of alkyl halides is 2. The smallest absolute Gasteiger partial charge is 0.0838 e. The van der Waals surface area contributed by atoms with Crippen LogP contribution in [-0.2, 0) is 0 Å². The number of benzene rings is 1. The van der Waals surface area contributed by atoms with Crippen molar-refractivity contribution < 1.29 is 0 Å². The molecular weight excluding hydrogens is 323 g/mol. The number of hydrogen-bond acceptors (Lipinski definition) is 2. The van der Waals surface area contributed by atoms with Crippen LogP contribution in [0.2, 0.25) is 0 Å². The van der Waals surface area contributed by atoms with Gasteiger partial charge in [-0.1, -0.05) is 30.4 Å². The molecule has 2 nitrogen and oxygen atoms in total. The quantitative estimate of drug-likeness (QED) is 0.585. The molecule has 5 heteroatoms. The summed E-state index contributed by atoms with van der Waals surface area (Å²) in [6, 6.07) is 11.0. The Bertz CT molecular complexity index is 467. The summed E-state index contributed by atoms with van der Waals surface area (Å²) in [4.78, 5) is 5.43. The number of nitrogens with zero attached hydrogens (tertiary/aromatic N) is 2. The normalized spacial score (nSPS) is 25.3. The second kappa shape index (κ2) is 7.77. The first-order chi connectivity index (χ1) is 10.0. The number of hydrogen-bond donors (Lipinski definition) is 0. The molecular formula is C16H22Cl2N2S. The zero-order valence-electron chi connectivity index (χ0n) is 12.5. The second-order valence-corrected chi connectivity index (χ2v) is 7.17. The molecule has 0 radical (unpaired) electrons. The van der Waals surface area contributed by atoms with Crippen molar-refractivity contribution in [1.29, 1.82) is 0 Å². The highest BCUT2D eigenvalue weighted by atomic mass is 35.5. The van der Waals surface area contributed by atoms with Crippen molar-refractivity contribution in [2.24, 2.45) is 0 Å². The molecule has 1 aliphatic rings. The molecule has 0 aromatic heterocycles. The van der Waals surface area contributed by atoms with Gasteiger partial charge in [0.05, 0.1) is 11.0 Å². The van der Waals surface area contributed by atoms with Crippen LogP contribution in [0.25, 0.3) is 0 Å². The van der Waals surface area contributed by atoms with Gasteiger partial charge in [-0.25, -0.2) is 0 Å². The van der Waals surface area contributed by atoms with Gasteiger partial charge in [0.25, 0.3) is 0 Å². The molecule has 1 aromatic carbocycles. The van der Waals surface area contributed by atoms with Crippen molar-refractivity contribution in [1.82, 2.24) is 4.90 Å². The standard InChI is InChI=1S/C16H22Cl2N2S/c1-19(2)14-10-12(18)11-15(14)20(16(21)8-9-17)13-6-4-3-5-7-13/h3-7,12,14-15H,8-11H2,1-2H3/t12?,14-,15-/m1/s1. The minimum Gasteiger partial charge on any atom is -0.331 e. The Kier molecular flexibility index (Phi) is 6.30. The Morgan fingerprint density at radius 3 is 2.38 bits per heavy atom. The average Bonchev–Trinajstić information content (AvgIpc) is 2.82. The van der Waals surface area contributed by atoms with Crippen LogP contribution >= 0.6 is 35.4 Å². The predicted octanol–water partition coefficient (Wildman–Crippen LogP) is 4.15. The molecule has 1 aliphatic carbocycles. The SMILES string of the molecule is CN(C)[C@@H]1CC(Cl)C[C@H]1N(C(=S)CCCl)c1ccccc1. The molecule has 1 fully saturated rings. The van der Waals surface area contributed by atoms with Gasteiger partial charge in [0.2, 0.25) is 0 Å². The molecule has 1 saturated carbocycles. The van der Waals surface area contributed by atoms with Gasteiger partial charge in [0.1, 0.15) is 0 Å². The van der Waals surface area contributed by atoms with E-state index in [0.29, 0.717) is 18.0 Å². The van der Waals surface area contributed by atoms with Crippen molar-refractivity contribution in [3.05, 3.63) is 30.3 Å². The molecule has 116 valence electrons. The van der Waals surface area contributed by atoms with E-state index in [-0.39, 0.29) is 5.38 Å². The number of thiocarbonyl (C=S) groups is 1. The first kappa shape index (κ1) is 17.0. The largest absolute Gasteiger partial charge is 0.331 e. The second-order valence-electron chi connectivity index (χ2n) is 5.71. The molecule has 1 unspecified atom stereocenters. The van der Waals surface area contributed by atoms with Crippen molar-refractivity contribution in [3.63, 3.8) is 0 Å². The van der Waals surface area contributed by atoms with E-state index in [1.165, 1.54) is 0 Å². The summed E-state index contributed by atoms with van der Waals surface area (Å²) in [7, 11) is 4.22. The maximum Gasteiger partial charge on any atom is 0.0838 e. The summed E-state index contributed by atoms with van der Waals surface area (Å²) < 4.78 is 0. The van der Waals surface area contributed by atoms with Crippen molar-refractivity contribution in [3.8, 4) is 0 Å². The lowest BCUT2D eigenvalue weighted by Gasteiger charge is -2.37. The van der Waals surface area contributed by atoms with E-state index in [1.807, 2.05) is 18.2 Å². The average molecular weight is 345 g/mol. The Balaban J connectivity index is 2.33. The van der Waals surface area contributed by atoms with Gasteiger partial charge in [-0.3, -0.25) is 0 Å². The van der Waals surface area contributed by atoms with Gasteiger partial charge in [-0.15, -0.1) is 23.2 Å². The van der Waals surface area contributed by atoms with E-state index in [9.17, 15) is 0 Å². The highest BCUT2D eigenvalue weighted by Gasteiger charge is 2.39. The van der Waals surface area contributed by atoms with Gasteiger partial charge in [0.15, 0.2) is 0 Å². The topological polar surface area (TPSA) is 6.48 Å².